The minimum atomic E-state index is -0.0771. The van der Waals surface area contributed by atoms with Gasteiger partial charge in [0.2, 0.25) is 5.91 Å². The molecule has 2 amide bonds. The van der Waals surface area contributed by atoms with Crippen LogP contribution in [0.3, 0.4) is 0 Å². The molecule has 1 heterocycles. The van der Waals surface area contributed by atoms with E-state index in [1.54, 1.807) is 24.1 Å². The van der Waals surface area contributed by atoms with E-state index in [2.05, 4.69) is 5.32 Å². The topological polar surface area (TPSA) is 58.6 Å². The molecule has 1 aliphatic heterocycles. The Kier molecular flexibility index (Phi) is 5.75. The first-order valence-electron chi connectivity index (χ1n) is 7.40. The van der Waals surface area contributed by atoms with Crippen LogP contribution < -0.4 is 10.2 Å². The van der Waals surface area contributed by atoms with Crippen molar-refractivity contribution in [2.24, 2.45) is 0 Å². The third-order valence-electron chi connectivity index (χ3n) is 3.58. The fourth-order valence-corrected chi connectivity index (χ4v) is 2.39. The predicted molar refractivity (Wildman–Crippen MR) is 81.5 cm³/mol. The van der Waals surface area contributed by atoms with Crippen LogP contribution in [0.15, 0.2) is 24.3 Å². The molecule has 0 radical (unpaired) electrons. The lowest BCUT2D eigenvalue weighted by Crippen LogP contribution is -2.25. The molecule has 1 aliphatic rings. The summed E-state index contributed by atoms with van der Waals surface area (Å²) in [4.78, 5) is 25.4. The zero-order chi connectivity index (χ0) is 15.1. The summed E-state index contributed by atoms with van der Waals surface area (Å²) < 4.78 is 4.96. The molecule has 0 spiro atoms. The average molecular weight is 290 g/mol. The number of benzene rings is 1. The van der Waals surface area contributed by atoms with E-state index in [-0.39, 0.29) is 11.8 Å². The molecular weight excluding hydrogens is 268 g/mol. The maximum Gasteiger partial charge on any atom is 0.251 e. The van der Waals surface area contributed by atoms with Crippen molar-refractivity contribution in [3.8, 4) is 0 Å². The van der Waals surface area contributed by atoms with Crippen molar-refractivity contribution in [2.75, 3.05) is 31.7 Å². The molecule has 2 rings (SSSR count). The van der Waals surface area contributed by atoms with Gasteiger partial charge in [-0.2, -0.15) is 0 Å². The Morgan fingerprint density at radius 3 is 2.67 bits per heavy atom. The molecule has 5 nitrogen and oxygen atoms in total. The molecule has 0 aromatic heterocycles. The van der Waals surface area contributed by atoms with Gasteiger partial charge in [-0.1, -0.05) is 0 Å². The van der Waals surface area contributed by atoms with E-state index in [0.29, 0.717) is 25.1 Å². The highest BCUT2D eigenvalue weighted by Crippen LogP contribution is 2.21. The number of nitrogens with zero attached hydrogens (tertiary/aromatic N) is 1. The van der Waals surface area contributed by atoms with E-state index in [0.717, 1.165) is 31.5 Å². The van der Waals surface area contributed by atoms with Crippen LogP contribution in [-0.2, 0) is 9.53 Å². The van der Waals surface area contributed by atoms with E-state index in [9.17, 15) is 9.59 Å². The van der Waals surface area contributed by atoms with Crippen LogP contribution in [0.1, 0.15) is 36.0 Å². The Bertz CT molecular complexity index is 485. The van der Waals surface area contributed by atoms with Crippen molar-refractivity contribution >= 4 is 17.5 Å². The third-order valence-corrected chi connectivity index (χ3v) is 3.58. The molecule has 1 saturated heterocycles. The minimum absolute atomic E-state index is 0.0771. The lowest BCUT2D eigenvalue weighted by atomic mass is 10.2. The first-order chi connectivity index (χ1) is 10.2. The Labute approximate surface area is 125 Å². The molecule has 114 valence electrons. The summed E-state index contributed by atoms with van der Waals surface area (Å²) in [7, 11) is 1.67. The number of anilines is 1. The Balaban J connectivity index is 1.83. The van der Waals surface area contributed by atoms with Gasteiger partial charge in [0.25, 0.3) is 5.91 Å². The van der Waals surface area contributed by atoms with Gasteiger partial charge in [0, 0.05) is 44.5 Å². The molecular formula is C16H22N2O3. The average Bonchev–Trinajstić information content (AvgIpc) is 2.93. The fraction of sp³-hybridized carbons (Fsp3) is 0.500. The third kappa shape index (κ3) is 4.29. The van der Waals surface area contributed by atoms with Crippen LogP contribution in [0, 0.1) is 0 Å². The van der Waals surface area contributed by atoms with E-state index < -0.39 is 0 Å². The molecule has 21 heavy (non-hydrogen) atoms. The molecule has 5 heteroatoms. The first-order valence-corrected chi connectivity index (χ1v) is 7.40. The van der Waals surface area contributed by atoms with Gasteiger partial charge in [0.1, 0.15) is 0 Å². The SMILES string of the molecule is COCCCCNC(=O)c1ccc(N2CCCC2=O)cc1. The standard InChI is InChI=1S/C16H22N2O3/c1-21-12-3-2-10-17-16(20)13-6-8-14(9-7-13)18-11-4-5-15(18)19/h6-9H,2-5,10-12H2,1H3,(H,17,20). The summed E-state index contributed by atoms with van der Waals surface area (Å²) >= 11 is 0. The Hall–Kier alpha value is -1.88. The van der Waals surface area contributed by atoms with Crippen molar-refractivity contribution in [3.63, 3.8) is 0 Å². The van der Waals surface area contributed by atoms with Gasteiger partial charge in [0.15, 0.2) is 0 Å². The summed E-state index contributed by atoms with van der Waals surface area (Å²) in [5, 5.41) is 2.88. The number of carbonyl (C=O) groups is 2. The number of nitrogens with one attached hydrogen (secondary N) is 1. The first kappa shape index (κ1) is 15.5. The van der Waals surface area contributed by atoms with Gasteiger partial charge in [0.05, 0.1) is 0 Å². The monoisotopic (exact) mass is 290 g/mol. The number of hydrogen-bond acceptors (Lipinski definition) is 3. The molecule has 1 aromatic carbocycles. The van der Waals surface area contributed by atoms with Gasteiger partial charge >= 0.3 is 0 Å². The van der Waals surface area contributed by atoms with Gasteiger partial charge < -0.3 is 15.0 Å². The van der Waals surface area contributed by atoms with Gasteiger partial charge in [-0.25, -0.2) is 0 Å². The predicted octanol–water partition coefficient (Wildman–Crippen LogP) is 1.97. The summed E-state index contributed by atoms with van der Waals surface area (Å²) in [5.74, 6) is 0.0806. The zero-order valence-electron chi connectivity index (χ0n) is 12.4. The van der Waals surface area contributed by atoms with Crippen molar-refractivity contribution in [2.45, 2.75) is 25.7 Å². The van der Waals surface area contributed by atoms with Crippen molar-refractivity contribution in [1.82, 2.24) is 5.32 Å². The van der Waals surface area contributed by atoms with Crippen molar-refractivity contribution in [3.05, 3.63) is 29.8 Å². The van der Waals surface area contributed by atoms with Gasteiger partial charge in [-0.3, -0.25) is 9.59 Å². The Morgan fingerprint density at radius 1 is 1.29 bits per heavy atom. The number of carbonyl (C=O) groups excluding carboxylic acids is 2. The molecule has 1 fully saturated rings. The summed E-state index contributed by atoms with van der Waals surface area (Å²) in [6, 6.07) is 7.21. The number of hydrogen-bond donors (Lipinski definition) is 1. The van der Waals surface area contributed by atoms with Crippen LogP contribution in [-0.4, -0.2) is 38.6 Å². The van der Waals surface area contributed by atoms with Crippen molar-refractivity contribution in [1.29, 1.82) is 0 Å². The maximum atomic E-state index is 12.0. The lowest BCUT2D eigenvalue weighted by molar-refractivity contribution is -0.117. The van der Waals surface area contributed by atoms with E-state index in [1.807, 2.05) is 12.1 Å². The van der Waals surface area contributed by atoms with Crippen LogP contribution in [0.25, 0.3) is 0 Å². The highest BCUT2D eigenvalue weighted by atomic mass is 16.5. The summed E-state index contributed by atoms with van der Waals surface area (Å²) in [6.45, 7) is 2.13. The van der Waals surface area contributed by atoms with E-state index >= 15 is 0 Å². The molecule has 0 saturated carbocycles. The molecule has 0 atom stereocenters. The molecule has 1 aromatic rings. The van der Waals surface area contributed by atoms with Crippen LogP contribution in [0.4, 0.5) is 5.69 Å². The molecule has 0 bridgehead atoms. The smallest absolute Gasteiger partial charge is 0.251 e. The largest absolute Gasteiger partial charge is 0.385 e. The fourth-order valence-electron chi connectivity index (χ4n) is 2.39. The number of unbranched alkanes of at least 4 members (excludes halogenated alkanes) is 1. The van der Waals surface area contributed by atoms with E-state index in [4.69, 9.17) is 4.74 Å². The van der Waals surface area contributed by atoms with Crippen molar-refractivity contribution < 1.29 is 14.3 Å². The Morgan fingerprint density at radius 2 is 2.05 bits per heavy atom. The van der Waals surface area contributed by atoms with Crippen LogP contribution >= 0.6 is 0 Å². The van der Waals surface area contributed by atoms with Crippen LogP contribution in [0.5, 0.6) is 0 Å². The number of methoxy groups -OCH3 is 1. The summed E-state index contributed by atoms with van der Waals surface area (Å²) in [5.41, 5.74) is 1.49. The molecule has 0 unspecified atom stereocenters. The van der Waals surface area contributed by atoms with Gasteiger partial charge in [-0.05, 0) is 43.5 Å². The molecule has 0 aliphatic carbocycles. The van der Waals surface area contributed by atoms with E-state index in [1.165, 1.54) is 0 Å². The highest BCUT2D eigenvalue weighted by Gasteiger charge is 2.21. The second-order valence-electron chi connectivity index (χ2n) is 5.15. The second-order valence-corrected chi connectivity index (χ2v) is 5.15. The minimum Gasteiger partial charge on any atom is -0.385 e. The highest BCUT2D eigenvalue weighted by molar-refractivity contribution is 5.97. The second kappa shape index (κ2) is 7.78. The van der Waals surface area contributed by atoms with Gasteiger partial charge in [-0.15, -0.1) is 0 Å². The maximum absolute atomic E-state index is 12.0. The lowest BCUT2D eigenvalue weighted by Gasteiger charge is -2.15. The number of amides is 2. The summed E-state index contributed by atoms with van der Waals surface area (Å²) in [6.07, 6.45) is 3.36. The zero-order valence-corrected chi connectivity index (χ0v) is 12.4. The molecule has 1 N–H and O–H groups in total. The number of ether oxygens (including phenoxy) is 1. The number of rotatable bonds is 7. The quantitative estimate of drug-likeness (QED) is 0.781. The normalized spacial score (nSPS) is 14.5. The van der Waals surface area contributed by atoms with Crippen LogP contribution in [0.2, 0.25) is 0 Å².